The van der Waals surface area contributed by atoms with E-state index in [1.807, 2.05) is 0 Å². The normalized spacial score (nSPS) is 12.2. The fourth-order valence-electron chi connectivity index (χ4n) is 6.46. The first-order valence-corrected chi connectivity index (χ1v) is 12.7. The van der Waals surface area contributed by atoms with Crippen molar-refractivity contribution < 1.29 is 0 Å². The van der Waals surface area contributed by atoms with Crippen molar-refractivity contribution in [3.8, 4) is 22.3 Å². The predicted molar refractivity (Wildman–Crippen MR) is 157 cm³/mol. The molecule has 0 N–H and O–H groups in total. The lowest BCUT2D eigenvalue weighted by Gasteiger charge is -2.23. The van der Waals surface area contributed by atoms with E-state index in [1.54, 1.807) is 0 Å². The zero-order valence-corrected chi connectivity index (χ0v) is 20.4. The fourth-order valence-corrected chi connectivity index (χ4v) is 6.46. The summed E-state index contributed by atoms with van der Waals surface area (Å²) in [7, 11) is 0. The first-order valence-electron chi connectivity index (χ1n) is 12.7. The molecule has 0 fully saturated rings. The summed E-state index contributed by atoms with van der Waals surface area (Å²) in [4.78, 5) is 0. The van der Waals surface area contributed by atoms with Gasteiger partial charge < -0.3 is 0 Å². The number of hydrogen-bond acceptors (Lipinski definition) is 0. The second-order valence-electron chi connectivity index (χ2n) is 10.3. The summed E-state index contributed by atoms with van der Waals surface area (Å²) in [5, 5.41) is 13.5. The molecular weight excluding hydrogens is 432 g/mol. The molecule has 0 saturated carbocycles. The average molecular weight is 457 g/mol. The average Bonchev–Trinajstić information content (AvgIpc) is 2.91. The number of aryl methyl sites for hydroxylation is 2. The first-order chi connectivity index (χ1) is 17.7. The zero-order valence-electron chi connectivity index (χ0n) is 20.4. The van der Waals surface area contributed by atoms with Crippen LogP contribution in [0.1, 0.15) is 11.1 Å². The summed E-state index contributed by atoms with van der Waals surface area (Å²) in [5.41, 5.74) is 7.83. The Balaban J connectivity index is 1.69. The lowest BCUT2D eigenvalue weighted by Crippen LogP contribution is -1.95. The molecule has 36 heavy (non-hydrogen) atoms. The van der Waals surface area contributed by atoms with E-state index in [-0.39, 0.29) is 0 Å². The Hall–Kier alpha value is -4.42. The summed E-state index contributed by atoms with van der Waals surface area (Å²) >= 11 is 0. The molecule has 0 heterocycles. The van der Waals surface area contributed by atoms with E-state index in [0.717, 1.165) is 0 Å². The Morgan fingerprint density at radius 1 is 0.333 bits per heavy atom. The van der Waals surface area contributed by atoms with Gasteiger partial charge in [-0.15, -0.1) is 0 Å². The molecule has 0 bridgehead atoms. The first kappa shape index (κ1) is 19.8. The van der Waals surface area contributed by atoms with Crippen LogP contribution in [-0.4, -0.2) is 0 Å². The summed E-state index contributed by atoms with van der Waals surface area (Å²) in [6.45, 7) is 4.32. The van der Waals surface area contributed by atoms with Gasteiger partial charge in [0.1, 0.15) is 0 Å². The molecule has 8 aromatic rings. The Kier molecular flexibility index (Phi) is 3.89. The van der Waals surface area contributed by atoms with Crippen LogP contribution in [-0.2, 0) is 0 Å². The van der Waals surface area contributed by atoms with Crippen LogP contribution in [0, 0.1) is 13.8 Å². The molecule has 0 spiro atoms. The molecule has 0 amide bonds. The van der Waals surface area contributed by atoms with Gasteiger partial charge in [0, 0.05) is 0 Å². The molecule has 8 aromatic carbocycles. The second kappa shape index (κ2) is 7.06. The van der Waals surface area contributed by atoms with Crippen molar-refractivity contribution in [2.24, 2.45) is 0 Å². The molecule has 0 aliphatic carbocycles. The molecule has 168 valence electrons. The Labute approximate surface area is 210 Å². The molecule has 8 rings (SSSR count). The van der Waals surface area contributed by atoms with Gasteiger partial charge in [0.25, 0.3) is 0 Å². The van der Waals surface area contributed by atoms with Crippen molar-refractivity contribution in [3.05, 3.63) is 120 Å². The van der Waals surface area contributed by atoms with Gasteiger partial charge in [-0.1, -0.05) is 120 Å². The van der Waals surface area contributed by atoms with Crippen LogP contribution in [0.25, 0.3) is 76.1 Å². The van der Waals surface area contributed by atoms with Crippen molar-refractivity contribution in [3.63, 3.8) is 0 Å². The topological polar surface area (TPSA) is 0 Å². The largest absolute Gasteiger partial charge is 0.0610 e. The highest BCUT2D eigenvalue weighted by atomic mass is 14.3. The quantitative estimate of drug-likeness (QED) is 0.179. The number of rotatable bonds is 2. The standard InChI is InChI=1S/C36H24/c1-21-9-13-25(14-10-21)31-27-7-3-5-23-18-20-30-32(26-15-11-22(2)12-16-26)28-8-4-6-24-17-19-29(31)35(34(24)28)36(30)33(23)27/h3-20H,1-2H3. The third-order valence-electron chi connectivity index (χ3n) is 8.10. The van der Waals surface area contributed by atoms with Gasteiger partial charge >= 0.3 is 0 Å². The summed E-state index contributed by atoms with van der Waals surface area (Å²) in [6, 6.07) is 41.0. The van der Waals surface area contributed by atoms with Gasteiger partial charge in [0.2, 0.25) is 0 Å². The van der Waals surface area contributed by atoms with Gasteiger partial charge in [0.05, 0.1) is 0 Å². The monoisotopic (exact) mass is 456 g/mol. The van der Waals surface area contributed by atoms with E-state index in [9.17, 15) is 0 Å². The lowest BCUT2D eigenvalue weighted by atomic mass is 9.79. The molecular formula is C36H24. The van der Waals surface area contributed by atoms with Gasteiger partial charge in [-0.25, -0.2) is 0 Å². The number of hydrogen-bond donors (Lipinski definition) is 0. The van der Waals surface area contributed by atoms with E-state index in [0.29, 0.717) is 0 Å². The maximum atomic E-state index is 2.35. The van der Waals surface area contributed by atoms with Crippen molar-refractivity contribution in [2.75, 3.05) is 0 Å². The maximum Gasteiger partial charge on any atom is -0.000741 e. The number of benzene rings is 8. The Bertz CT molecular complexity index is 1920. The van der Waals surface area contributed by atoms with E-state index in [2.05, 4.69) is 123 Å². The molecule has 0 aromatic heterocycles. The van der Waals surface area contributed by atoms with Crippen LogP contribution in [0.3, 0.4) is 0 Å². The molecule has 0 unspecified atom stereocenters. The van der Waals surface area contributed by atoms with E-state index in [4.69, 9.17) is 0 Å². The van der Waals surface area contributed by atoms with Crippen molar-refractivity contribution >= 4 is 53.9 Å². The van der Waals surface area contributed by atoms with Gasteiger partial charge in [-0.05, 0) is 90.0 Å². The lowest BCUT2D eigenvalue weighted by molar-refractivity contribution is 1.47. The van der Waals surface area contributed by atoms with Crippen LogP contribution in [0.15, 0.2) is 109 Å². The van der Waals surface area contributed by atoms with E-state index >= 15 is 0 Å². The van der Waals surface area contributed by atoms with E-state index < -0.39 is 0 Å². The van der Waals surface area contributed by atoms with Crippen LogP contribution in [0.5, 0.6) is 0 Å². The minimum atomic E-state index is 1.28. The Morgan fingerprint density at radius 2 is 0.722 bits per heavy atom. The minimum Gasteiger partial charge on any atom is -0.0610 e. The van der Waals surface area contributed by atoms with Crippen LogP contribution in [0.4, 0.5) is 0 Å². The summed E-state index contributed by atoms with van der Waals surface area (Å²) in [6.07, 6.45) is 0. The molecule has 0 aliphatic heterocycles. The third-order valence-corrected chi connectivity index (χ3v) is 8.10. The maximum absolute atomic E-state index is 2.35. The van der Waals surface area contributed by atoms with Crippen LogP contribution < -0.4 is 0 Å². The Morgan fingerprint density at radius 3 is 1.14 bits per heavy atom. The third kappa shape index (κ3) is 2.54. The summed E-state index contributed by atoms with van der Waals surface area (Å²) < 4.78 is 0. The second-order valence-corrected chi connectivity index (χ2v) is 10.3. The molecule has 0 radical (unpaired) electrons. The van der Waals surface area contributed by atoms with Gasteiger partial charge in [-0.2, -0.15) is 0 Å². The smallest absolute Gasteiger partial charge is 0.000741 e. The molecule has 0 heteroatoms. The minimum absolute atomic E-state index is 1.28. The summed E-state index contributed by atoms with van der Waals surface area (Å²) in [5.74, 6) is 0. The fraction of sp³-hybridized carbons (Fsp3) is 0.0556. The van der Waals surface area contributed by atoms with Crippen LogP contribution in [0.2, 0.25) is 0 Å². The highest BCUT2D eigenvalue weighted by molar-refractivity contribution is 6.42. The highest BCUT2D eigenvalue weighted by Crippen LogP contribution is 2.51. The van der Waals surface area contributed by atoms with E-state index in [1.165, 1.54) is 87.2 Å². The molecule has 0 nitrogen and oxygen atoms in total. The highest BCUT2D eigenvalue weighted by Gasteiger charge is 2.23. The van der Waals surface area contributed by atoms with Crippen molar-refractivity contribution in [1.29, 1.82) is 0 Å². The molecule has 0 saturated heterocycles. The van der Waals surface area contributed by atoms with Crippen molar-refractivity contribution in [2.45, 2.75) is 13.8 Å². The predicted octanol–water partition coefficient (Wildman–Crippen LogP) is 10.3. The molecule has 0 atom stereocenters. The van der Waals surface area contributed by atoms with Gasteiger partial charge in [-0.3, -0.25) is 0 Å². The zero-order chi connectivity index (χ0) is 24.0. The molecule has 0 aliphatic rings. The van der Waals surface area contributed by atoms with Gasteiger partial charge in [0.15, 0.2) is 0 Å². The van der Waals surface area contributed by atoms with Crippen molar-refractivity contribution in [1.82, 2.24) is 0 Å². The van der Waals surface area contributed by atoms with Crippen LogP contribution >= 0.6 is 0 Å². The SMILES string of the molecule is Cc1ccc(-c2c3cccc4ccc5c(-c6ccc(C)cc6)c6cccc7ccc2c(c76)c5c43)cc1.